The highest BCUT2D eigenvalue weighted by molar-refractivity contribution is 6.21. The summed E-state index contributed by atoms with van der Waals surface area (Å²) in [6.07, 6.45) is 3.51. The van der Waals surface area contributed by atoms with E-state index >= 15 is 0 Å². The maximum atomic E-state index is 6.40. The van der Waals surface area contributed by atoms with Gasteiger partial charge in [-0.05, 0) is 37.0 Å². The molecule has 0 heterocycles. The molecule has 0 nitrogen and oxygen atoms in total. The molecule has 78 valence electrons. The third-order valence-electron chi connectivity index (χ3n) is 2.67. The molecule has 1 atom stereocenters. The summed E-state index contributed by atoms with van der Waals surface area (Å²) in [5, 5.41) is 0.191. The van der Waals surface area contributed by atoms with Crippen molar-refractivity contribution in [2.45, 2.75) is 45.4 Å². The van der Waals surface area contributed by atoms with Gasteiger partial charge in [-0.15, -0.1) is 11.6 Å². The Hall–Kier alpha value is -0.490. The molecular weight excluding hydrogens is 192 g/mol. The SMILES string of the molecule is CCCCC(Cl)c1c(C)cccc1C. The number of halogens is 1. The van der Waals surface area contributed by atoms with E-state index in [-0.39, 0.29) is 5.38 Å². The fraction of sp³-hybridized carbons (Fsp3) is 0.538. The molecule has 1 aromatic rings. The zero-order chi connectivity index (χ0) is 10.6. The Bertz CT molecular complexity index is 271. The van der Waals surface area contributed by atoms with Crippen molar-refractivity contribution >= 4 is 11.6 Å². The topological polar surface area (TPSA) is 0 Å². The minimum atomic E-state index is 0.191. The van der Waals surface area contributed by atoms with Crippen LogP contribution < -0.4 is 0 Å². The van der Waals surface area contributed by atoms with Crippen molar-refractivity contribution in [2.75, 3.05) is 0 Å². The summed E-state index contributed by atoms with van der Waals surface area (Å²) in [5.74, 6) is 0. The normalized spacial score (nSPS) is 12.9. The smallest absolute Gasteiger partial charge is 0.0590 e. The Morgan fingerprint density at radius 3 is 2.29 bits per heavy atom. The van der Waals surface area contributed by atoms with Gasteiger partial charge in [0.05, 0.1) is 5.38 Å². The number of aryl methyl sites for hydroxylation is 2. The summed E-state index contributed by atoms with van der Waals surface area (Å²) < 4.78 is 0. The monoisotopic (exact) mass is 210 g/mol. The molecule has 0 aliphatic carbocycles. The molecule has 1 rings (SSSR count). The second kappa shape index (κ2) is 5.41. The van der Waals surface area contributed by atoms with E-state index in [4.69, 9.17) is 11.6 Å². The first-order chi connectivity index (χ1) is 6.66. The van der Waals surface area contributed by atoms with Gasteiger partial charge in [-0.1, -0.05) is 38.0 Å². The molecule has 0 fully saturated rings. The van der Waals surface area contributed by atoms with Crippen LogP contribution in [0.1, 0.15) is 48.3 Å². The van der Waals surface area contributed by atoms with Crippen molar-refractivity contribution in [1.29, 1.82) is 0 Å². The van der Waals surface area contributed by atoms with Crippen LogP contribution in [0.5, 0.6) is 0 Å². The zero-order valence-corrected chi connectivity index (χ0v) is 10.1. The Kier molecular flexibility index (Phi) is 4.47. The van der Waals surface area contributed by atoms with E-state index in [0.29, 0.717) is 0 Å². The minimum absolute atomic E-state index is 0.191. The summed E-state index contributed by atoms with van der Waals surface area (Å²) in [7, 11) is 0. The number of alkyl halides is 1. The molecule has 1 aromatic carbocycles. The lowest BCUT2D eigenvalue weighted by Gasteiger charge is -2.15. The molecule has 0 saturated heterocycles. The summed E-state index contributed by atoms with van der Waals surface area (Å²) in [4.78, 5) is 0. The van der Waals surface area contributed by atoms with Gasteiger partial charge in [-0.25, -0.2) is 0 Å². The van der Waals surface area contributed by atoms with Crippen LogP contribution in [0.15, 0.2) is 18.2 Å². The molecule has 14 heavy (non-hydrogen) atoms. The predicted molar refractivity (Wildman–Crippen MR) is 64.0 cm³/mol. The highest BCUT2D eigenvalue weighted by atomic mass is 35.5. The molecule has 0 amide bonds. The molecule has 0 radical (unpaired) electrons. The van der Waals surface area contributed by atoms with Crippen LogP contribution in [0.2, 0.25) is 0 Å². The van der Waals surface area contributed by atoms with Crippen LogP contribution in [0, 0.1) is 13.8 Å². The van der Waals surface area contributed by atoms with Gasteiger partial charge in [0.1, 0.15) is 0 Å². The van der Waals surface area contributed by atoms with Crippen molar-refractivity contribution in [1.82, 2.24) is 0 Å². The largest absolute Gasteiger partial charge is 0.118 e. The first-order valence-electron chi connectivity index (χ1n) is 5.37. The van der Waals surface area contributed by atoms with Gasteiger partial charge < -0.3 is 0 Å². The Balaban J connectivity index is 2.82. The Morgan fingerprint density at radius 2 is 1.79 bits per heavy atom. The van der Waals surface area contributed by atoms with Crippen molar-refractivity contribution in [2.24, 2.45) is 0 Å². The molecule has 0 N–H and O–H groups in total. The average Bonchev–Trinajstić information content (AvgIpc) is 2.14. The predicted octanol–water partition coefficient (Wildman–Crippen LogP) is 4.77. The summed E-state index contributed by atoms with van der Waals surface area (Å²) >= 11 is 6.40. The van der Waals surface area contributed by atoms with Gasteiger partial charge in [0.25, 0.3) is 0 Å². The highest BCUT2D eigenvalue weighted by Crippen LogP contribution is 2.31. The quantitative estimate of drug-likeness (QED) is 0.628. The summed E-state index contributed by atoms with van der Waals surface area (Å²) in [6.45, 7) is 6.49. The summed E-state index contributed by atoms with van der Waals surface area (Å²) in [5.41, 5.74) is 3.98. The molecule has 0 bridgehead atoms. The molecule has 1 unspecified atom stereocenters. The maximum absolute atomic E-state index is 6.40. The molecule has 0 aliphatic rings. The highest BCUT2D eigenvalue weighted by Gasteiger charge is 2.11. The van der Waals surface area contributed by atoms with Crippen LogP contribution in [-0.4, -0.2) is 0 Å². The first kappa shape index (κ1) is 11.6. The van der Waals surface area contributed by atoms with Gasteiger partial charge in [-0.3, -0.25) is 0 Å². The number of unbranched alkanes of at least 4 members (excludes halogenated alkanes) is 1. The molecule has 0 spiro atoms. The standard InChI is InChI=1S/C13H19Cl/c1-4-5-9-12(14)13-10(2)7-6-8-11(13)3/h6-8,12H,4-5,9H2,1-3H3. The van der Waals surface area contributed by atoms with E-state index < -0.39 is 0 Å². The second-order valence-corrected chi connectivity index (χ2v) is 4.44. The number of benzene rings is 1. The van der Waals surface area contributed by atoms with Gasteiger partial charge in [-0.2, -0.15) is 0 Å². The van der Waals surface area contributed by atoms with Crippen molar-refractivity contribution in [3.63, 3.8) is 0 Å². The van der Waals surface area contributed by atoms with E-state index in [9.17, 15) is 0 Å². The fourth-order valence-corrected chi connectivity index (χ4v) is 2.35. The third kappa shape index (κ3) is 2.75. The van der Waals surface area contributed by atoms with E-state index in [1.54, 1.807) is 0 Å². The average molecular weight is 211 g/mol. The summed E-state index contributed by atoms with van der Waals surface area (Å²) in [6, 6.07) is 6.38. The number of rotatable bonds is 4. The van der Waals surface area contributed by atoms with Crippen LogP contribution in [0.25, 0.3) is 0 Å². The third-order valence-corrected chi connectivity index (χ3v) is 3.10. The van der Waals surface area contributed by atoms with E-state index in [0.717, 1.165) is 6.42 Å². The number of hydrogen-bond donors (Lipinski definition) is 0. The van der Waals surface area contributed by atoms with Crippen molar-refractivity contribution < 1.29 is 0 Å². The molecule has 0 aliphatic heterocycles. The van der Waals surface area contributed by atoms with Gasteiger partial charge in [0, 0.05) is 0 Å². The Morgan fingerprint density at radius 1 is 1.21 bits per heavy atom. The molecular formula is C13H19Cl. The second-order valence-electron chi connectivity index (χ2n) is 3.92. The maximum Gasteiger partial charge on any atom is 0.0590 e. The zero-order valence-electron chi connectivity index (χ0n) is 9.31. The fourth-order valence-electron chi connectivity index (χ4n) is 1.85. The van der Waals surface area contributed by atoms with Gasteiger partial charge >= 0.3 is 0 Å². The van der Waals surface area contributed by atoms with Crippen LogP contribution in [0.3, 0.4) is 0 Å². The Labute approximate surface area is 92.3 Å². The first-order valence-corrected chi connectivity index (χ1v) is 5.80. The lowest BCUT2D eigenvalue weighted by Crippen LogP contribution is -1.97. The number of hydrogen-bond acceptors (Lipinski definition) is 0. The van der Waals surface area contributed by atoms with E-state index in [2.05, 4.69) is 39.0 Å². The lowest BCUT2D eigenvalue weighted by molar-refractivity contribution is 0.696. The van der Waals surface area contributed by atoms with Crippen molar-refractivity contribution in [3.8, 4) is 0 Å². The van der Waals surface area contributed by atoms with E-state index in [1.165, 1.54) is 29.5 Å². The molecule has 0 aromatic heterocycles. The van der Waals surface area contributed by atoms with E-state index in [1.807, 2.05) is 0 Å². The van der Waals surface area contributed by atoms with Crippen LogP contribution >= 0.6 is 11.6 Å². The molecule has 0 saturated carbocycles. The molecule has 1 heteroatoms. The van der Waals surface area contributed by atoms with Crippen LogP contribution in [-0.2, 0) is 0 Å². The van der Waals surface area contributed by atoms with Crippen molar-refractivity contribution in [3.05, 3.63) is 34.9 Å². The van der Waals surface area contributed by atoms with Crippen LogP contribution in [0.4, 0.5) is 0 Å². The van der Waals surface area contributed by atoms with Gasteiger partial charge in [0.2, 0.25) is 0 Å². The van der Waals surface area contributed by atoms with Gasteiger partial charge in [0.15, 0.2) is 0 Å². The lowest BCUT2D eigenvalue weighted by atomic mass is 9.97. The minimum Gasteiger partial charge on any atom is -0.118 e.